The molecular formula is C18H22N4O. The van der Waals surface area contributed by atoms with Gasteiger partial charge in [0, 0.05) is 31.2 Å². The number of hydrogen-bond acceptors (Lipinski definition) is 4. The zero-order valence-electron chi connectivity index (χ0n) is 13.9. The maximum Gasteiger partial charge on any atom is 0.256 e. The molecule has 1 fully saturated rings. The zero-order chi connectivity index (χ0) is 16.4. The fourth-order valence-corrected chi connectivity index (χ4v) is 3.09. The molecule has 23 heavy (non-hydrogen) atoms. The van der Waals surface area contributed by atoms with Crippen molar-refractivity contribution in [1.82, 2.24) is 14.9 Å². The highest BCUT2D eigenvalue weighted by atomic mass is 16.2. The normalized spacial score (nSPS) is 14.1. The average molecular weight is 310 g/mol. The number of carbonyl (C=O) groups is 1. The van der Waals surface area contributed by atoms with Gasteiger partial charge in [0.25, 0.3) is 5.91 Å². The second-order valence-corrected chi connectivity index (χ2v) is 6.19. The third-order valence-electron chi connectivity index (χ3n) is 4.21. The fraction of sp³-hybridized carbons (Fsp3) is 0.389. The van der Waals surface area contributed by atoms with Crippen LogP contribution in [0.1, 0.15) is 39.9 Å². The maximum absolute atomic E-state index is 12.3. The second-order valence-electron chi connectivity index (χ2n) is 6.19. The first-order chi connectivity index (χ1) is 11.0. The molecule has 2 heterocycles. The van der Waals surface area contributed by atoms with Crippen molar-refractivity contribution in [2.24, 2.45) is 0 Å². The third kappa shape index (κ3) is 3.33. The van der Waals surface area contributed by atoms with Crippen molar-refractivity contribution in [1.29, 1.82) is 0 Å². The predicted molar refractivity (Wildman–Crippen MR) is 91.1 cm³/mol. The van der Waals surface area contributed by atoms with Gasteiger partial charge in [-0.1, -0.05) is 17.7 Å². The molecule has 1 saturated heterocycles. The van der Waals surface area contributed by atoms with Crippen LogP contribution in [0.5, 0.6) is 0 Å². The van der Waals surface area contributed by atoms with Crippen molar-refractivity contribution in [3.8, 4) is 0 Å². The summed E-state index contributed by atoms with van der Waals surface area (Å²) < 4.78 is 0. The molecule has 0 saturated carbocycles. The summed E-state index contributed by atoms with van der Waals surface area (Å²) in [6.45, 7) is 7.88. The summed E-state index contributed by atoms with van der Waals surface area (Å²) in [4.78, 5) is 22.8. The number of hydrogen-bond donors (Lipinski definition) is 1. The van der Waals surface area contributed by atoms with Crippen LogP contribution in [-0.2, 0) is 0 Å². The molecule has 1 aromatic carbocycles. The smallest absolute Gasteiger partial charge is 0.256 e. The van der Waals surface area contributed by atoms with E-state index in [2.05, 4.69) is 48.2 Å². The lowest BCUT2D eigenvalue weighted by atomic mass is 10.1. The first kappa shape index (κ1) is 15.5. The summed E-state index contributed by atoms with van der Waals surface area (Å²) in [5.74, 6) is 0.537. The van der Waals surface area contributed by atoms with Gasteiger partial charge in [-0.05, 0) is 44.7 Å². The van der Waals surface area contributed by atoms with E-state index in [9.17, 15) is 4.79 Å². The Hall–Kier alpha value is -2.43. The lowest BCUT2D eigenvalue weighted by Gasteiger charge is -2.15. The molecule has 0 aliphatic carbocycles. The molecule has 120 valence electrons. The standard InChI is InChI=1S/C18H22N4O/c1-12-8-13(2)16(14(3)9-12)21-18-19-10-15(11-20-18)17(23)22-6-4-5-7-22/h8-11H,4-7H2,1-3H3,(H,19,20,21). The molecule has 1 N–H and O–H groups in total. The van der Waals surface area contributed by atoms with Crippen LogP contribution >= 0.6 is 0 Å². The van der Waals surface area contributed by atoms with Gasteiger partial charge in [0.15, 0.2) is 0 Å². The van der Waals surface area contributed by atoms with Crippen LogP contribution in [0, 0.1) is 20.8 Å². The molecule has 5 nitrogen and oxygen atoms in total. The first-order valence-electron chi connectivity index (χ1n) is 8.01. The molecule has 1 aromatic heterocycles. The van der Waals surface area contributed by atoms with Crippen molar-refractivity contribution >= 4 is 17.5 Å². The van der Waals surface area contributed by atoms with E-state index in [1.54, 1.807) is 12.4 Å². The Balaban J connectivity index is 1.76. The van der Waals surface area contributed by atoms with E-state index < -0.39 is 0 Å². The Morgan fingerprint density at radius 2 is 1.61 bits per heavy atom. The van der Waals surface area contributed by atoms with E-state index in [4.69, 9.17) is 0 Å². The molecule has 2 aromatic rings. The summed E-state index contributed by atoms with van der Waals surface area (Å²) in [5.41, 5.74) is 5.12. The van der Waals surface area contributed by atoms with Crippen LogP contribution in [-0.4, -0.2) is 33.9 Å². The molecule has 0 unspecified atom stereocenters. The highest BCUT2D eigenvalue weighted by Crippen LogP contribution is 2.24. The minimum absolute atomic E-state index is 0.0248. The second kappa shape index (κ2) is 6.36. The highest BCUT2D eigenvalue weighted by Gasteiger charge is 2.20. The number of nitrogens with zero attached hydrogens (tertiary/aromatic N) is 3. The van der Waals surface area contributed by atoms with Gasteiger partial charge in [-0.3, -0.25) is 4.79 Å². The summed E-state index contributed by atoms with van der Waals surface area (Å²) in [7, 11) is 0. The number of anilines is 2. The molecule has 1 amide bonds. The first-order valence-corrected chi connectivity index (χ1v) is 8.01. The number of carbonyl (C=O) groups excluding carboxylic acids is 1. The van der Waals surface area contributed by atoms with Gasteiger partial charge in [-0.25, -0.2) is 9.97 Å². The molecule has 1 aliphatic heterocycles. The maximum atomic E-state index is 12.3. The van der Waals surface area contributed by atoms with Gasteiger partial charge in [0.2, 0.25) is 5.95 Å². The molecule has 3 rings (SSSR count). The molecule has 0 radical (unpaired) electrons. The number of nitrogens with one attached hydrogen (secondary N) is 1. The summed E-state index contributed by atoms with van der Waals surface area (Å²) >= 11 is 0. The number of amides is 1. The van der Waals surface area contributed by atoms with Crippen molar-refractivity contribution in [3.05, 3.63) is 46.8 Å². The van der Waals surface area contributed by atoms with Crippen LogP contribution in [0.2, 0.25) is 0 Å². The molecule has 1 aliphatic rings. The molecule has 5 heteroatoms. The monoisotopic (exact) mass is 310 g/mol. The minimum atomic E-state index is 0.0248. The van der Waals surface area contributed by atoms with Crippen LogP contribution in [0.3, 0.4) is 0 Å². The average Bonchev–Trinajstić information content (AvgIpc) is 3.05. The number of rotatable bonds is 3. The third-order valence-corrected chi connectivity index (χ3v) is 4.21. The lowest BCUT2D eigenvalue weighted by Crippen LogP contribution is -2.27. The molecule has 0 bridgehead atoms. The largest absolute Gasteiger partial charge is 0.339 e. The Kier molecular flexibility index (Phi) is 4.28. The summed E-state index contributed by atoms with van der Waals surface area (Å²) in [6, 6.07) is 4.25. The predicted octanol–water partition coefficient (Wildman–Crippen LogP) is 3.38. The van der Waals surface area contributed by atoms with Gasteiger partial charge in [0.05, 0.1) is 5.56 Å². The number of benzene rings is 1. The van der Waals surface area contributed by atoms with Crippen molar-refractivity contribution in [2.45, 2.75) is 33.6 Å². The van der Waals surface area contributed by atoms with E-state index in [-0.39, 0.29) is 5.91 Å². The number of likely N-dealkylation sites (tertiary alicyclic amines) is 1. The van der Waals surface area contributed by atoms with E-state index >= 15 is 0 Å². The van der Waals surface area contributed by atoms with Crippen LogP contribution in [0.25, 0.3) is 0 Å². The zero-order valence-corrected chi connectivity index (χ0v) is 13.9. The van der Waals surface area contributed by atoms with Gasteiger partial charge >= 0.3 is 0 Å². The Morgan fingerprint density at radius 3 is 2.17 bits per heavy atom. The van der Waals surface area contributed by atoms with Gasteiger partial charge in [-0.2, -0.15) is 0 Å². The molecular weight excluding hydrogens is 288 g/mol. The Labute approximate surface area is 136 Å². The van der Waals surface area contributed by atoms with Crippen molar-refractivity contribution in [3.63, 3.8) is 0 Å². The lowest BCUT2D eigenvalue weighted by molar-refractivity contribution is 0.0792. The van der Waals surface area contributed by atoms with E-state index in [0.717, 1.165) is 42.7 Å². The van der Waals surface area contributed by atoms with Crippen LogP contribution in [0.4, 0.5) is 11.6 Å². The topological polar surface area (TPSA) is 58.1 Å². The number of aryl methyl sites for hydroxylation is 3. The Bertz CT molecular complexity index is 695. The van der Waals surface area contributed by atoms with Gasteiger partial charge in [0.1, 0.15) is 0 Å². The minimum Gasteiger partial charge on any atom is -0.339 e. The summed E-state index contributed by atoms with van der Waals surface area (Å²) in [5, 5.41) is 3.26. The highest BCUT2D eigenvalue weighted by molar-refractivity contribution is 5.93. The van der Waals surface area contributed by atoms with E-state index in [1.807, 2.05) is 4.90 Å². The quantitative estimate of drug-likeness (QED) is 0.944. The SMILES string of the molecule is Cc1cc(C)c(Nc2ncc(C(=O)N3CCCC3)cn2)c(C)c1. The van der Waals surface area contributed by atoms with E-state index in [1.165, 1.54) is 5.56 Å². The van der Waals surface area contributed by atoms with Gasteiger partial charge < -0.3 is 10.2 Å². The Morgan fingerprint density at radius 1 is 1.04 bits per heavy atom. The van der Waals surface area contributed by atoms with Crippen LogP contribution < -0.4 is 5.32 Å². The van der Waals surface area contributed by atoms with Gasteiger partial charge in [-0.15, -0.1) is 0 Å². The fourth-order valence-electron chi connectivity index (χ4n) is 3.09. The van der Waals surface area contributed by atoms with Crippen molar-refractivity contribution < 1.29 is 4.79 Å². The number of aromatic nitrogens is 2. The molecule has 0 atom stereocenters. The van der Waals surface area contributed by atoms with Crippen LogP contribution in [0.15, 0.2) is 24.5 Å². The van der Waals surface area contributed by atoms with Crippen molar-refractivity contribution in [2.75, 3.05) is 18.4 Å². The van der Waals surface area contributed by atoms with E-state index in [0.29, 0.717) is 11.5 Å². The summed E-state index contributed by atoms with van der Waals surface area (Å²) in [6.07, 6.45) is 5.38. The molecule has 0 spiro atoms.